The van der Waals surface area contributed by atoms with Crippen LogP contribution >= 0.6 is 0 Å². The summed E-state index contributed by atoms with van der Waals surface area (Å²) in [6.45, 7) is 2.72. The third-order valence-electron chi connectivity index (χ3n) is 5.70. The number of aromatic nitrogens is 1. The van der Waals surface area contributed by atoms with Crippen molar-refractivity contribution in [3.63, 3.8) is 0 Å². The van der Waals surface area contributed by atoms with Gasteiger partial charge in [0.05, 0.1) is 5.69 Å². The van der Waals surface area contributed by atoms with Gasteiger partial charge in [-0.1, -0.05) is 24.3 Å². The van der Waals surface area contributed by atoms with Crippen molar-refractivity contribution >= 4 is 0 Å². The van der Waals surface area contributed by atoms with Crippen LogP contribution < -0.4 is 9.47 Å². The van der Waals surface area contributed by atoms with Crippen LogP contribution in [0.5, 0.6) is 11.5 Å². The molecule has 2 aliphatic heterocycles. The van der Waals surface area contributed by atoms with E-state index < -0.39 is 0 Å². The standard InChI is InChI=1S/C24H23FN2O2/c25-20-14-17(21-4-1-2-10-26-21)6-7-19(20)16-27-11-3-5-22(27)18-8-9-23-24(15-18)29-13-12-28-23/h1-2,4,6-10,14-15,22H,3,5,11-13,16H2/t22-/m0/s1. The molecule has 3 aromatic rings. The minimum absolute atomic E-state index is 0.180. The maximum absolute atomic E-state index is 14.9. The van der Waals surface area contributed by atoms with Crippen molar-refractivity contribution < 1.29 is 13.9 Å². The number of fused-ring (bicyclic) bond motifs is 1. The Morgan fingerprint density at radius 2 is 1.90 bits per heavy atom. The highest BCUT2D eigenvalue weighted by Crippen LogP contribution is 2.39. The van der Waals surface area contributed by atoms with Gasteiger partial charge in [-0.05, 0) is 55.3 Å². The first-order valence-electron chi connectivity index (χ1n) is 10.1. The number of hydrogen-bond donors (Lipinski definition) is 0. The van der Waals surface area contributed by atoms with Crippen molar-refractivity contribution in [3.05, 3.63) is 77.7 Å². The molecule has 0 aliphatic carbocycles. The number of pyridine rings is 1. The van der Waals surface area contributed by atoms with Crippen molar-refractivity contribution in [2.24, 2.45) is 0 Å². The van der Waals surface area contributed by atoms with Crippen LogP contribution in [0, 0.1) is 5.82 Å². The zero-order valence-corrected chi connectivity index (χ0v) is 16.2. The summed E-state index contributed by atoms with van der Waals surface area (Å²) in [7, 11) is 0. The van der Waals surface area contributed by atoms with Crippen LogP contribution in [-0.4, -0.2) is 29.6 Å². The molecule has 0 spiro atoms. The Bertz CT molecular complexity index is 1010. The summed E-state index contributed by atoms with van der Waals surface area (Å²) < 4.78 is 26.2. The van der Waals surface area contributed by atoms with E-state index in [1.807, 2.05) is 36.4 Å². The van der Waals surface area contributed by atoms with E-state index in [0.717, 1.165) is 42.1 Å². The van der Waals surface area contributed by atoms with Gasteiger partial charge < -0.3 is 9.47 Å². The highest BCUT2D eigenvalue weighted by molar-refractivity contribution is 5.59. The molecule has 0 saturated carbocycles. The van der Waals surface area contributed by atoms with Gasteiger partial charge in [-0.25, -0.2) is 4.39 Å². The number of hydrogen-bond acceptors (Lipinski definition) is 4. The Morgan fingerprint density at radius 3 is 2.72 bits per heavy atom. The van der Waals surface area contributed by atoms with Crippen molar-refractivity contribution in [1.29, 1.82) is 0 Å². The molecule has 0 bridgehead atoms. The molecule has 148 valence electrons. The zero-order valence-electron chi connectivity index (χ0n) is 16.2. The molecule has 0 radical (unpaired) electrons. The Balaban J connectivity index is 1.36. The average Bonchev–Trinajstić information content (AvgIpc) is 3.23. The number of rotatable bonds is 4. The van der Waals surface area contributed by atoms with Crippen LogP contribution in [0.3, 0.4) is 0 Å². The highest BCUT2D eigenvalue weighted by Gasteiger charge is 2.28. The second-order valence-electron chi connectivity index (χ2n) is 7.55. The van der Waals surface area contributed by atoms with E-state index in [1.54, 1.807) is 12.3 Å². The first-order valence-corrected chi connectivity index (χ1v) is 10.1. The fourth-order valence-corrected chi connectivity index (χ4v) is 4.25. The van der Waals surface area contributed by atoms with Crippen LogP contribution in [0.1, 0.15) is 30.0 Å². The molecule has 2 aliphatic rings. The zero-order chi connectivity index (χ0) is 19.6. The van der Waals surface area contributed by atoms with Crippen molar-refractivity contribution in [1.82, 2.24) is 9.88 Å². The molecule has 4 nitrogen and oxygen atoms in total. The third kappa shape index (κ3) is 3.70. The van der Waals surface area contributed by atoms with E-state index in [1.165, 1.54) is 5.56 Å². The lowest BCUT2D eigenvalue weighted by molar-refractivity contribution is 0.170. The first kappa shape index (κ1) is 18.1. The van der Waals surface area contributed by atoms with E-state index in [9.17, 15) is 4.39 Å². The summed E-state index contributed by atoms with van der Waals surface area (Å²) in [6, 6.07) is 17.5. The minimum Gasteiger partial charge on any atom is -0.486 e. The maximum atomic E-state index is 14.9. The summed E-state index contributed by atoms with van der Waals surface area (Å²) in [6.07, 6.45) is 3.89. The lowest BCUT2D eigenvalue weighted by Gasteiger charge is -2.27. The Hall–Kier alpha value is -2.92. The van der Waals surface area contributed by atoms with E-state index in [4.69, 9.17) is 9.47 Å². The van der Waals surface area contributed by atoms with Gasteiger partial charge in [-0.2, -0.15) is 0 Å². The Labute approximate surface area is 169 Å². The summed E-state index contributed by atoms with van der Waals surface area (Å²) in [5, 5.41) is 0. The number of benzene rings is 2. The van der Waals surface area contributed by atoms with Gasteiger partial charge in [-0.3, -0.25) is 9.88 Å². The molecule has 2 aromatic carbocycles. The molecule has 1 fully saturated rings. The fraction of sp³-hybridized carbons (Fsp3) is 0.292. The fourth-order valence-electron chi connectivity index (χ4n) is 4.25. The van der Waals surface area contributed by atoms with Gasteiger partial charge >= 0.3 is 0 Å². The van der Waals surface area contributed by atoms with E-state index >= 15 is 0 Å². The molecule has 5 rings (SSSR count). The van der Waals surface area contributed by atoms with Gasteiger partial charge in [0.25, 0.3) is 0 Å². The van der Waals surface area contributed by atoms with Crippen LogP contribution in [0.4, 0.5) is 4.39 Å². The smallest absolute Gasteiger partial charge is 0.161 e. The topological polar surface area (TPSA) is 34.6 Å². The lowest BCUT2D eigenvalue weighted by Crippen LogP contribution is -2.23. The Kier molecular flexibility index (Phi) is 4.90. The molecule has 3 heterocycles. The second-order valence-corrected chi connectivity index (χ2v) is 7.55. The predicted molar refractivity (Wildman–Crippen MR) is 109 cm³/mol. The lowest BCUT2D eigenvalue weighted by atomic mass is 10.0. The van der Waals surface area contributed by atoms with Crippen LogP contribution in [0.25, 0.3) is 11.3 Å². The van der Waals surface area contributed by atoms with E-state index in [2.05, 4.69) is 22.0 Å². The van der Waals surface area contributed by atoms with Crippen molar-refractivity contribution in [3.8, 4) is 22.8 Å². The molecular weight excluding hydrogens is 367 g/mol. The molecule has 29 heavy (non-hydrogen) atoms. The minimum atomic E-state index is -0.180. The Morgan fingerprint density at radius 1 is 1.00 bits per heavy atom. The molecule has 1 aromatic heterocycles. The number of nitrogens with zero attached hydrogens (tertiary/aromatic N) is 2. The number of likely N-dealkylation sites (tertiary alicyclic amines) is 1. The molecule has 1 saturated heterocycles. The monoisotopic (exact) mass is 390 g/mol. The average molecular weight is 390 g/mol. The van der Waals surface area contributed by atoms with Crippen LogP contribution in [0.2, 0.25) is 0 Å². The van der Waals surface area contributed by atoms with Crippen molar-refractivity contribution in [2.75, 3.05) is 19.8 Å². The van der Waals surface area contributed by atoms with Gasteiger partial charge in [-0.15, -0.1) is 0 Å². The highest BCUT2D eigenvalue weighted by atomic mass is 19.1. The number of halogens is 1. The molecule has 0 N–H and O–H groups in total. The van der Waals surface area contributed by atoms with Gasteiger partial charge in [0.2, 0.25) is 0 Å². The van der Waals surface area contributed by atoms with E-state index in [-0.39, 0.29) is 11.9 Å². The number of ether oxygens (including phenoxy) is 2. The molecule has 5 heteroatoms. The molecular formula is C24H23FN2O2. The van der Waals surface area contributed by atoms with E-state index in [0.29, 0.717) is 25.3 Å². The largest absolute Gasteiger partial charge is 0.486 e. The summed E-state index contributed by atoms with van der Waals surface area (Å²) >= 11 is 0. The van der Waals surface area contributed by atoms with Crippen LogP contribution in [-0.2, 0) is 6.54 Å². The van der Waals surface area contributed by atoms with Gasteiger partial charge in [0.15, 0.2) is 11.5 Å². The molecule has 0 amide bonds. The predicted octanol–water partition coefficient (Wildman–Crippen LogP) is 5.00. The SMILES string of the molecule is Fc1cc(-c2ccccn2)ccc1CN1CCC[C@H]1c1ccc2c(c1)OCCO2. The second kappa shape index (κ2) is 7.84. The normalized spacial score (nSPS) is 18.7. The quantitative estimate of drug-likeness (QED) is 0.628. The molecule has 1 atom stereocenters. The summed E-state index contributed by atoms with van der Waals surface area (Å²) in [4.78, 5) is 6.66. The third-order valence-corrected chi connectivity index (χ3v) is 5.70. The summed E-state index contributed by atoms with van der Waals surface area (Å²) in [5.41, 5.74) is 3.51. The first-order chi connectivity index (χ1) is 14.3. The van der Waals surface area contributed by atoms with Gasteiger partial charge in [0.1, 0.15) is 19.0 Å². The van der Waals surface area contributed by atoms with Gasteiger partial charge in [0, 0.05) is 29.9 Å². The summed E-state index contributed by atoms with van der Waals surface area (Å²) in [5.74, 6) is 1.44. The molecule has 0 unspecified atom stereocenters. The van der Waals surface area contributed by atoms with Crippen LogP contribution in [0.15, 0.2) is 60.8 Å². The van der Waals surface area contributed by atoms with Crippen molar-refractivity contribution in [2.45, 2.75) is 25.4 Å². The maximum Gasteiger partial charge on any atom is 0.161 e.